The molecule has 0 N–H and O–H groups in total. The molecule has 0 aliphatic carbocycles. The van der Waals surface area contributed by atoms with Crippen molar-refractivity contribution in [2.24, 2.45) is 0 Å². The molecular weight excluding hydrogens is 961 g/mol. The minimum Gasteiger partial charge on any atom is -0.462 e. The fourth-order valence-electron chi connectivity index (χ4n) is 10.6. The summed E-state index contributed by atoms with van der Waals surface area (Å²) in [6.07, 6.45) is 83.2. The van der Waals surface area contributed by atoms with E-state index in [4.69, 9.17) is 14.2 Å². The van der Waals surface area contributed by atoms with Gasteiger partial charge in [-0.05, 0) is 77.0 Å². The van der Waals surface area contributed by atoms with Crippen molar-refractivity contribution in [3.8, 4) is 0 Å². The van der Waals surface area contributed by atoms with Crippen LogP contribution in [0, 0.1) is 0 Å². The molecule has 0 saturated heterocycles. The van der Waals surface area contributed by atoms with Gasteiger partial charge in [0.25, 0.3) is 0 Å². The molecule has 0 bridgehead atoms. The number of ether oxygens (including phenoxy) is 3. The second-order valence-corrected chi connectivity index (χ2v) is 23.8. The highest BCUT2D eigenvalue weighted by Gasteiger charge is 2.19. The van der Waals surface area contributed by atoms with Crippen molar-refractivity contribution in [3.05, 3.63) is 36.5 Å². The van der Waals surface area contributed by atoms with Gasteiger partial charge in [-0.3, -0.25) is 14.4 Å². The van der Waals surface area contributed by atoms with Crippen LogP contribution < -0.4 is 0 Å². The van der Waals surface area contributed by atoms with Crippen molar-refractivity contribution < 1.29 is 28.6 Å². The Balaban J connectivity index is 4.15. The molecule has 1 unspecified atom stereocenters. The van der Waals surface area contributed by atoms with E-state index in [1.54, 1.807) is 0 Å². The van der Waals surface area contributed by atoms with Gasteiger partial charge in [-0.25, -0.2) is 0 Å². The van der Waals surface area contributed by atoms with Crippen LogP contribution in [0.15, 0.2) is 36.5 Å². The molecule has 0 saturated carbocycles. The lowest BCUT2D eigenvalue weighted by Crippen LogP contribution is -2.30. The van der Waals surface area contributed by atoms with Crippen LogP contribution in [0.2, 0.25) is 0 Å². The van der Waals surface area contributed by atoms with Crippen molar-refractivity contribution in [2.45, 2.75) is 393 Å². The summed E-state index contributed by atoms with van der Waals surface area (Å²) >= 11 is 0. The number of rotatable bonds is 65. The zero-order valence-corrected chi connectivity index (χ0v) is 52.7. The van der Waals surface area contributed by atoms with Gasteiger partial charge in [0.2, 0.25) is 0 Å². The van der Waals surface area contributed by atoms with Gasteiger partial charge in [0.05, 0.1) is 0 Å². The fraction of sp³-hybridized carbons (Fsp3) is 0.875. The SMILES string of the molecule is CCCCCCC/C=C\C/C=C\CCCCCCCCCCCCCCCCCC(=O)OCC(COC(=O)CCCCCCCCCCCC)OC(=O)CCCCCCCCCCCCC/C=C\CCCCCCCCCC. The molecule has 0 rings (SSSR count). The molecule has 0 fully saturated rings. The third-order valence-corrected chi connectivity index (χ3v) is 15.9. The van der Waals surface area contributed by atoms with Gasteiger partial charge < -0.3 is 14.2 Å². The molecule has 458 valence electrons. The van der Waals surface area contributed by atoms with E-state index in [1.807, 2.05) is 0 Å². The lowest BCUT2D eigenvalue weighted by molar-refractivity contribution is -0.167. The summed E-state index contributed by atoms with van der Waals surface area (Å²) in [5, 5.41) is 0. The maximum absolute atomic E-state index is 12.9. The predicted molar refractivity (Wildman–Crippen MR) is 339 cm³/mol. The standard InChI is InChI=1S/C72H134O6/c1-4-7-10-13-16-19-22-24-26-28-30-32-34-35-36-37-39-40-42-44-46-48-50-53-56-59-62-65-71(74)77-68-69(67-76-70(73)64-61-58-55-52-21-18-15-12-9-6-3)78-72(75)66-63-60-57-54-51-49-47-45-43-41-38-33-31-29-27-25-23-20-17-14-11-8-5-2/h22,24,28-31,69H,4-21,23,25-27,32-68H2,1-3H3/b24-22-,30-28-,31-29-. The van der Waals surface area contributed by atoms with E-state index < -0.39 is 6.10 Å². The Morgan fingerprint density at radius 1 is 0.256 bits per heavy atom. The summed E-state index contributed by atoms with van der Waals surface area (Å²) in [5.41, 5.74) is 0. The molecule has 0 heterocycles. The Hall–Kier alpha value is -2.37. The second-order valence-electron chi connectivity index (χ2n) is 23.8. The Kier molecular flexibility index (Phi) is 65.1. The summed E-state index contributed by atoms with van der Waals surface area (Å²) in [7, 11) is 0. The van der Waals surface area contributed by atoms with Crippen LogP contribution in [0.1, 0.15) is 387 Å². The van der Waals surface area contributed by atoms with Crippen LogP contribution in [-0.2, 0) is 28.6 Å². The van der Waals surface area contributed by atoms with Crippen molar-refractivity contribution in [2.75, 3.05) is 13.2 Å². The maximum Gasteiger partial charge on any atom is 0.306 e. The zero-order chi connectivity index (χ0) is 56.4. The van der Waals surface area contributed by atoms with Crippen molar-refractivity contribution >= 4 is 17.9 Å². The van der Waals surface area contributed by atoms with Gasteiger partial charge in [-0.2, -0.15) is 0 Å². The Bertz CT molecular complexity index is 1300. The van der Waals surface area contributed by atoms with Crippen LogP contribution in [0.25, 0.3) is 0 Å². The third kappa shape index (κ3) is 64.5. The number of allylic oxidation sites excluding steroid dienone is 6. The van der Waals surface area contributed by atoms with E-state index in [9.17, 15) is 14.4 Å². The summed E-state index contributed by atoms with van der Waals surface area (Å²) in [6, 6.07) is 0. The van der Waals surface area contributed by atoms with Gasteiger partial charge in [-0.1, -0.05) is 327 Å². The first kappa shape index (κ1) is 75.6. The van der Waals surface area contributed by atoms with E-state index in [2.05, 4.69) is 57.2 Å². The summed E-state index contributed by atoms with van der Waals surface area (Å²) < 4.78 is 17.0. The number of unbranched alkanes of at least 4 members (excludes halogenated alkanes) is 48. The minimum atomic E-state index is -0.769. The van der Waals surface area contributed by atoms with Crippen LogP contribution in [-0.4, -0.2) is 37.2 Å². The summed E-state index contributed by atoms with van der Waals surface area (Å²) in [5.74, 6) is -0.843. The Morgan fingerprint density at radius 2 is 0.462 bits per heavy atom. The second kappa shape index (κ2) is 67.1. The number of carbonyl (C=O) groups excluding carboxylic acids is 3. The first-order valence-corrected chi connectivity index (χ1v) is 35.0. The van der Waals surface area contributed by atoms with Gasteiger partial charge in [0.15, 0.2) is 6.10 Å². The van der Waals surface area contributed by atoms with Gasteiger partial charge >= 0.3 is 17.9 Å². The number of hydrogen-bond donors (Lipinski definition) is 0. The molecule has 0 aromatic carbocycles. The van der Waals surface area contributed by atoms with Crippen LogP contribution >= 0.6 is 0 Å². The molecule has 6 nitrogen and oxygen atoms in total. The number of esters is 3. The Morgan fingerprint density at radius 3 is 0.718 bits per heavy atom. The molecule has 0 amide bonds. The van der Waals surface area contributed by atoms with Crippen molar-refractivity contribution in [1.29, 1.82) is 0 Å². The lowest BCUT2D eigenvalue weighted by atomic mass is 10.0. The van der Waals surface area contributed by atoms with Crippen molar-refractivity contribution in [3.63, 3.8) is 0 Å². The number of carbonyl (C=O) groups is 3. The van der Waals surface area contributed by atoms with Crippen LogP contribution in [0.5, 0.6) is 0 Å². The molecule has 0 aromatic heterocycles. The van der Waals surface area contributed by atoms with Gasteiger partial charge in [0, 0.05) is 19.3 Å². The average molecular weight is 1100 g/mol. The topological polar surface area (TPSA) is 78.9 Å². The quantitative estimate of drug-likeness (QED) is 0.0261. The first-order valence-electron chi connectivity index (χ1n) is 35.0. The summed E-state index contributed by atoms with van der Waals surface area (Å²) in [4.78, 5) is 38.3. The van der Waals surface area contributed by atoms with Crippen molar-refractivity contribution in [1.82, 2.24) is 0 Å². The monoisotopic (exact) mass is 1100 g/mol. The maximum atomic E-state index is 12.9. The molecule has 78 heavy (non-hydrogen) atoms. The minimum absolute atomic E-state index is 0.0671. The first-order chi connectivity index (χ1) is 38.5. The fourth-order valence-corrected chi connectivity index (χ4v) is 10.6. The highest BCUT2D eigenvalue weighted by atomic mass is 16.6. The van der Waals surface area contributed by atoms with Gasteiger partial charge in [-0.15, -0.1) is 0 Å². The number of hydrogen-bond acceptors (Lipinski definition) is 6. The molecule has 0 spiro atoms. The van der Waals surface area contributed by atoms with Crippen LogP contribution in [0.3, 0.4) is 0 Å². The highest BCUT2D eigenvalue weighted by Crippen LogP contribution is 2.18. The smallest absolute Gasteiger partial charge is 0.306 e. The molecule has 0 aliphatic rings. The van der Waals surface area contributed by atoms with E-state index in [0.29, 0.717) is 19.3 Å². The molecule has 0 aromatic rings. The summed E-state index contributed by atoms with van der Waals surface area (Å²) in [6.45, 7) is 6.68. The molecule has 0 aliphatic heterocycles. The normalized spacial score (nSPS) is 12.2. The van der Waals surface area contributed by atoms with E-state index in [1.165, 1.54) is 283 Å². The molecule has 0 radical (unpaired) electrons. The molecule has 6 heteroatoms. The molecular formula is C72H134O6. The van der Waals surface area contributed by atoms with E-state index >= 15 is 0 Å². The predicted octanol–water partition coefficient (Wildman–Crippen LogP) is 23.9. The van der Waals surface area contributed by atoms with E-state index in [-0.39, 0.29) is 31.1 Å². The van der Waals surface area contributed by atoms with Crippen LogP contribution in [0.4, 0.5) is 0 Å². The van der Waals surface area contributed by atoms with E-state index in [0.717, 1.165) is 64.2 Å². The largest absolute Gasteiger partial charge is 0.462 e. The molecule has 1 atom stereocenters. The zero-order valence-electron chi connectivity index (χ0n) is 52.7. The highest BCUT2D eigenvalue weighted by molar-refractivity contribution is 5.71. The van der Waals surface area contributed by atoms with Gasteiger partial charge in [0.1, 0.15) is 13.2 Å². The lowest BCUT2D eigenvalue weighted by Gasteiger charge is -2.18. The average Bonchev–Trinajstić information content (AvgIpc) is 3.44. The Labute approximate surface area is 486 Å². The third-order valence-electron chi connectivity index (χ3n) is 15.9.